The number of pyridine rings is 1. The fourth-order valence-corrected chi connectivity index (χ4v) is 5.92. The van der Waals surface area contributed by atoms with E-state index in [0.29, 0.717) is 25.1 Å². The van der Waals surface area contributed by atoms with Crippen LogP contribution in [0.3, 0.4) is 0 Å². The number of piperidine rings is 1. The molecule has 1 aromatic heterocycles. The first-order valence-electron chi connectivity index (χ1n) is 11.0. The molecule has 1 aliphatic heterocycles. The number of amides is 1. The van der Waals surface area contributed by atoms with Gasteiger partial charge in [-0.05, 0) is 37.8 Å². The van der Waals surface area contributed by atoms with E-state index in [1.165, 1.54) is 23.1 Å². The molecule has 0 bridgehead atoms. The third-order valence-corrected chi connectivity index (χ3v) is 7.92. The SMILES string of the molecule is O=C(NC1CCCCC1)C1CCCN(S(=O)(=O)c2cnccc2Oc2ccccc2)C1. The summed E-state index contributed by atoms with van der Waals surface area (Å²) in [5, 5.41) is 3.15. The maximum absolute atomic E-state index is 13.4. The standard InChI is InChI=1S/C23H29N3O4S/c27-23(25-19-9-3-1-4-10-19)18-8-7-15-26(17-18)31(28,29)22-16-24-14-13-21(22)30-20-11-5-2-6-12-20/h2,5-6,11-14,16,18-19H,1,3-4,7-10,15,17H2,(H,25,27). The zero-order chi connectivity index (χ0) is 21.7. The van der Waals surface area contributed by atoms with Crippen LogP contribution in [0.5, 0.6) is 11.5 Å². The maximum atomic E-state index is 13.4. The predicted molar refractivity (Wildman–Crippen MR) is 117 cm³/mol. The Balaban J connectivity index is 1.49. The van der Waals surface area contributed by atoms with Crippen LogP contribution in [0.25, 0.3) is 0 Å². The molecule has 166 valence electrons. The van der Waals surface area contributed by atoms with E-state index in [1.54, 1.807) is 18.2 Å². The highest BCUT2D eigenvalue weighted by Crippen LogP contribution is 2.32. The lowest BCUT2D eigenvalue weighted by Gasteiger charge is -2.33. The van der Waals surface area contributed by atoms with Gasteiger partial charge in [-0.3, -0.25) is 9.78 Å². The second-order valence-corrected chi connectivity index (χ2v) is 10.2. The highest BCUT2D eigenvalue weighted by molar-refractivity contribution is 7.89. The number of hydrogen-bond acceptors (Lipinski definition) is 5. The Labute approximate surface area is 183 Å². The second kappa shape index (κ2) is 9.78. The molecule has 0 spiro atoms. The third kappa shape index (κ3) is 5.25. The number of aromatic nitrogens is 1. The minimum atomic E-state index is -3.85. The van der Waals surface area contributed by atoms with Crippen LogP contribution in [-0.2, 0) is 14.8 Å². The molecule has 1 saturated carbocycles. The molecule has 7 nitrogen and oxygen atoms in total. The summed E-state index contributed by atoms with van der Waals surface area (Å²) >= 11 is 0. The summed E-state index contributed by atoms with van der Waals surface area (Å²) < 4.78 is 34.1. The van der Waals surface area contributed by atoms with E-state index in [2.05, 4.69) is 10.3 Å². The first-order chi connectivity index (χ1) is 15.0. The van der Waals surface area contributed by atoms with Crippen LogP contribution in [0.2, 0.25) is 0 Å². The van der Waals surface area contributed by atoms with Gasteiger partial charge in [-0.15, -0.1) is 0 Å². The Hall–Kier alpha value is -2.45. The summed E-state index contributed by atoms with van der Waals surface area (Å²) in [4.78, 5) is 16.8. The summed E-state index contributed by atoms with van der Waals surface area (Å²) in [6, 6.07) is 10.8. The van der Waals surface area contributed by atoms with E-state index in [9.17, 15) is 13.2 Å². The van der Waals surface area contributed by atoms with Crippen LogP contribution in [0, 0.1) is 5.92 Å². The maximum Gasteiger partial charge on any atom is 0.248 e. The molecule has 1 atom stereocenters. The monoisotopic (exact) mass is 443 g/mol. The first kappa shape index (κ1) is 21.8. The van der Waals surface area contributed by atoms with E-state index in [1.807, 2.05) is 18.2 Å². The van der Waals surface area contributed by atoms with Crippen molar-refractivity contribution in [2.75, 3.05) is 13.1 Å². The molecule has 0 radical (unpaired) electrons. The number of para-hydroxylation sites is 1. The van der Waals surface area contributed by atoms with Crippen LogP contribution in [0.4, 0.5) is 0 Å². The van der Waals surface area contributed by atoms with E-state index in [0.717, 1.165) is 25.7 Å². The van der Waals surface area contributed by atoms with Crippen molar-refractivity contribution in [1.82, 2.24) is 14.6 Å². The molecule has 2 aromatic rings. The van der Waals surface area contributed by atoms with Crippen LogP contribution in [0.15, 0.2) is 53.7 Å². The van der Waals surface area contributed by atoms with Gasteiger partial charge in [0.25, 0.3) is 0 Å². The largest absolute Gasteiger partial charge is 0.456 e. The number of hydrogen-bond donors (Lipinski definition) is 1. The Bertz CT molecular complexity index is 991. The van der Waals surface area contributed by atoms with Crippen molar-refractivity contribution in [1.29, 1.82) is 0 Å². The van der Waals surface area contributed by atoms with Crippen LogP contribution >= 0.6 is 0 Å². The van der Waals surface area contributed by atoms with Crippen molar-refractivity contribution in [2.24, 2.45) is 5.92 Å². The summed E-state index contributed by atoms with van der Waals surface area (Å²) in [6.45, 7) is 0.565. The molecule has 1 aromatic carbocycles. The van der Waals surface area contributed by atoms with Gasteiger partial charge in [-0.25, -0.2) is 8.42 Å². The summed E-state index contributed by atoms with van der Waals surface area (Å²) in [6.07, 6.45) is 9.70. The highest BCUT2D eigenvalue weighted by atomic mass is 32.2. The number of carbonyl (C=O) groups excluding carboxylic acids is 1. The fraction of sp³-hybridized carbons (Fsp3) is 0.478. The number of nitrogens with one attached hydrogen (secondary N) is 1. The van der Waals surface area contributed by atoms with E-state index < -0.39 is 10.0 Å². The van der Waals surface area contributed by atoms with Gasteiger partial charge in [0.05, 0.1) is 12.1 Å². The van der Waals surface area contributed by atoms with Gasteiger partial charge >= 0.3 is 0 Å². The first-order valence-corrected chi connectivity index (χ1v) is 12.5. The average molecular weight is 444 g/mol. The van der Waals surface area contributed by atoms with Gasteiger partial charge in [0.1, 0.15) is 10.6 Å². The number of ether oxygens (including phenoxy) is 1. The number of rotatable bonds is 6. The average Bonchev–Trinajstić information content (AvgIpc) is 2.81. The molecular formula is C23H29N3O4S. The molecule has 2 heterocycles. The molecule has 1 saturated heterocycles. The van der Waals surface area contributed by atoms with Gasteiger partial charge in [-0.2, -0.15) is 4.31 Å². The molecule has 31 heavy (non-hydrogen) atoms. The minimum absolute atomic E-state index is 0.0205. The zero-order valence-electron chi connectivity index (χ0n) is 17.6. The van der Waals surface area contributed by atoms with Gasteiger partial charge in [0, 0.05) is 31.4 Å². The zero-order valence-corrected chi connectivity index (χ0v) is 18.4. The summed E-state index contributed by atoms with van der Waals surface area (Å²) in [5.41, 5.74) is 0. The number of nitrogens with zero attached hydrogens (tertiary/aromatic N) is 2. The van der Waals surface area contributed by atoms with Gasteiger partial charge in [0.15, 0.2) is 5.75 Å². The molecule has 1 amide bonds. The van der Waals surface area contributed by atoms with Crippen molar-refractivity contribution in [3.63, 3.8) is 0 Å². The molecule has 2 fully saturated rings. The molecule has 1 unspecified atom stereocenters. The third-order valence-electron chi connectivity index (χ3n) is 6.04. The minimum Gasteiger partial charge on any atom is -0.456 e. The molecular weight excluding hydrogens is 414 g/mol. The predicted octanol–water partition coefficient (Wildman–Crippen LogP) is 3.72. The van der Waals surface area contributed by atoms with E-state index in [4.69, 9.17) is 4.74 Å². The number of sulfonamides is 1. The molecule has 1 aliphatic carbocycles. The quantitative estimate of drug-likeness (QED) is 0.735. The van der Waals surface area contributed by atoms with Crippen LogP contribution in [0.1, 0.15) is 44.9 Å². The smallest absolute Gasteiger partial charge is 0.248 e. The summed E-state index contributed by atoms with van der Waals surface area (Å²) in [7, 11) is -3.85. The van der Waals surface area contributed by atoms with E-state index in [-0.39, 0.29) is 35.1 Å². The van der Waals surface area contributed by atoms with Crippen molar-refractivity contribution in [2.45, 2.75) is 55.9 Å². The highest BCUT2D eigenvalue weighted by Gasteiger charge is 2.35. The lowest BCUT2D eigenvalue weighted by atomic mass is 9.93. The van der Waals surface area contributed by atoms with Crippen molar-refractivity contribution < 1.29 is 17.9 Å². The Morgan fingerprint density at radius 3 is 2.58 bits per heavy atom. The van der Waals surface area contributed by atoms with Gasteiger partial charge < -0.3 is 10.1 Å². The molecule has 4 rings (SSSR count). The lowest BCUT2D eigenvalue weighted by molar-refractivity contribution is -0.127. The second-order valence-electron chi connectivity index (χ2n) is 8.28. The fourth-order valence-electron chi connectivity index (χ4n) is 4.34. The van der Waals surface area contributed by atoms with Crippen molar-refractivity contribution in [3.8, 4) is 11.5 Å². The van der Waals surface area contributed by atoms with Gasteiger partial charge in [-0.1, -0.05) is 37.5 Å². The Morgan fingerprint density at radius 2 is 1.81 bits per heavy atom. The normalized spacial score (nSPS) is 20.8. The Morgan fingerprint density at radius 1 is 1.03 bits per heavy atom. The number of benzene rings is 1. The van der Waals surface area contributed by atoms with Crippen molar-refractivity contribution >= 4 is 15.9 Å². The lowest BCUT2D eigenvalue weighted by Crippen LogP contribution is -2.47. The molecule has 2 aliphatic rings. The van der Waals surface area contributed by atoms with Crippen LogP contribution < -0.4 is 10.1 Å². The topological polar surface area (TPSA) is 88.6 Å². The van der Waals surface area contributed by atoms with Crippen LogP contribution in [-0.4, -0.2) is 42.7 Å². The van der Waals surface area contributed by atoms with E-state index >= 15 is 0 Å². The Kier molecular flexibility index (Phi) is 6.87. The molecule has 1 N–H and O–H groups in total. The molecule has 8 heteroatoms. The van der Waals surface area contributed by atoms with Gasteiger partial charge in [0.2, 0.25) is 15.9 Å². The van der Waals surface area contributed by atoms with Crippen molar-refractivity contribution in [3.05, 3.63) is 48.8 Å². The summed E-state index contributed by atoms with van der Waals surface area (Å²) in [5.74, 6) is 0.419. The number of carbonyl (C=O) groups is 1.